The van der Waals surface area contributed by atoms with Crippen molar-refractivity contribution in [3.63, 3.8) is 0 Å². The highest BCUT2D eigenvalue weighted by atomic mass is 127. The molecule has 1 aliphatic rings. The summed E-state index contributed by atoms with van der Waals surface area (Å²) < 4.78 is 19.0. The number of nitrogens with one attached hydrogen (secondary N) is 2. The molecule has 4 nitrogen and oxygen atoms in total. The van der Waals surface area contributed by atoms with E-state index in [1.165, 1.54) is 12.1 Å². The lowest BCUT2D eigenvalue weighted by molar-refractivity contribution is -0.120. The first-order valence-corrected chi connectivity index (χ1v) is 7.26. The second-order valence-electron chi connectivity index (χ2n) is 4.42. The van der Waals surface area contributed by atoms with Crippen LogP contribution in [0.2, 0.25) is 0 Å². The van der Waals surface area contributed by atoms with Crippen molar-refractivity contribution >= 4 is 34.2 Å². The van der Waals surface area contributed by atoms with Gasteiger partial charge in [-0.05, 0) is 47.3 Å². The topological polar surface area (TPSA) is 50.4 Å². The molecule has 0 saturated carbocycles. The van der Waals surface area contributed by atoms with Crippen LogP contribution in [0.15, 0.2) is 18.2 Å². The van der Waals surface area contributed by atoms with Crippen molar-refractivity contribution in [1.82, 2.24) is 5.32 Å². The zero-order chi connectivity index (χ0) is 13.8. The zero-order valence-electron chi connectivity index (χ0n) is 10.6. The number of anilines is 1. The summed E-state index contributed by atoms with van der Waals surface area (Å²) in [5.74, 6) is -0.606. The highest BCUT2D eigenvalue weighted by molar-refractivity contribution is 14.1. The first-order valence-electron chi connectivity index (χ1n) is 6.19. The minimum absolute atomic E-state index is 0.0445. The van der Waals surface area contributed by atoms with Gasteiger partial charge in [0.15, 0.2) is 0 Å². The average Bonchev–Trinajstić information content (AvgIpc) is 2.81. The summed E-state index contributed by atoms with van der Waals surface area (Å²) in [6.07, 6.45) is 0. The number of halogens is 2. The van der Waals surface area contributed by atoms with Gasteiger partial charge in [-0.3, -0.25) is 4.79 Å². The third-order valence-electron chi connectivity index (χ3n) is 3.07. The molecule has 1 amide bonds. The summed E-state index contributed by atoms with van der Waals surface area (Å²) >= 11 is 2.00. The largest absolute Gasteiger partial charge is 0.379 e. The van der Waals surface area contributed by atoms with Crippen LogP contribution in [0.25, 0.3) is 0 Å². The summed E-state index contributed by atoms with van der Waals surface area (Å²) in [5.41, 5.74) is 0.633. The highest BCUT2D eigenvalue weighted by Crippen LogP contribution is 2.21. The van der Waals surface area contributed by atoms with Crippen molar-refractivity contribution < 1.29 is 13.9 Å². The fraction of sp³-hybridized carbons (Fsp3) is 0.462. The number of carbonyl (C=O) groups is 1. The summed E-state index contributed by atoms with van der Waals surface area (Å²) in [6, 6.07) is 4.35. The van der Waals surface area contributed by atoms with Crippen LogP contribution >= 0.6 is 22.6 Å². The number of rotatable bonds is 4. The van der Waals surface area contributed by atoms with Gasteiger partial charge >= 0.3 is 0 Å². The Morgan fingerprint density at radius 3 is 3.00 bits per heavy atom. The first kappa shape index (κ1) is 14.7. The van der Waals surface area contributed by atoms with Crippen LogP contribution in [0.4, 0.5) is 10.1 Å². The fourth-order valence-corrected chi connectivity index (χ4v) is 2.70. The van der Waals surface area contributed by atoms with E-state index in [1.807, 2.05) is 29.5 Å². The number of likely N-dealkylation sites (N-methyl/N-ethyl adjacent to an activating group) is 1. The SMILES string of the molecule is CCNC1COCC1C(=O)Nc1ccc(F)cc1I. The Kier molecular flexibility index (Phi) is 5.12. The van der Waals surface area contributed by atoms with Gasteiger partial charge in [0.05, 0.1) is 24.8 Å². The van der Waals surface area contributed by atoms with Gasteiger partial charge in [0.25, 0.3) is 0 Å². The molecule has 2 rings (SSSR count). The third kappa shape index (κ3) is 3.64. The van der Waals surface area contributed by atoms with E-state index in [1.54, 1.807) is 6.07 Å². The van der Waals surface area contributed by atoms with Crippen molar-refractivity contribution in [3.05, 3.63) is 27.6 Å². The monoisotopic (exact) mass is 378 g/mol. The summed E-state index contributed by atoms with van der Waals surface area (Å²) in [7, 11) is 0. The second-order valence-corrected chi connectivity index (χ2v) is 5.58. The number of hydrogen-bond acceptors (Lipinski definition) is 3. The average molecular weight is 378 g/mol. The molecule has 0 aliphatic carbocycles. The molecule has 1 saturated heterocycles. The van der Waals surface area contributed by atoms with Crippen LogP contribution in [-0.4, -0.2) is 31.7 Å². The minimum atomic E-state index is -0.308. The van der Waals surface area contributed by atoms with Crippen LogP contribution in [0.3, 0.4) is 0 Å². The second kappa shape index (κ2) is 6.62. The molecule has 2 unspecified atom stereocenters. The molecule has 19 heavy (non-hydrogen) atoms. The lowest BCUT2D eigenvalue weighted by Gasteiger charge is -2.18. The summed E-state index contributed by atoms with van der Waals surface area (Å²) in [6.45, 7) is 3.76. The Bertz CT molecular complexity index is 470. The molecule has 1 fully saturated rings. The maximum atomic E-state index is 13.0. The van der Waals surface area contributed by atoms with Gasteiger partial charge in [0, 0.05) is 9.61 Å². The van der Waals surface area contributed by atoms with E-state index in [0.29, 0.717) is 22.5 Å². The molecular weight excluding hydrogens is 362 g/mol. The third-order valence-corrected chi connectivity index (χ3v) is 3.97. The number of benzene rings is 1. The minimum Gasteiger partial charge on any atom is -0.379 e. The van der Waals surface area contributed by atoms with Gasteiger partial charge in [0.2, 0.25) is 5.91 Å². The predicted molar refractivity (Wildman–Crippen MR) is 79.5 cm³/mol. The Balaban J connectivity index is 2.04. The van der Waals surface area contributed by atoms with E-state index < -0.39 is 0 Å². The van der Waals surface area contributed by atoms with E-state index >= 15 is 0 Å². The molecule has 6 heteroatoms. The van der Waals surface area contributed by atoms with Crippen molar-refractivity contribution in [3.8, 4) is 0 Å². The highest BCUT2D eigenvalue weighted by Gasteiger charge is 2.33. The number of amides is 1. The van der Waals surface area contributed by atoms with Gasteiger partial charge in [-0.2, -0.15) is 0 Å². The molecule has 1 heterocycles. The number of ether oxygens (including phenoxy) is 1. The first-order chi connectivity index (χ1) is 9.11. The Labute approximate surface area is 125 Å². The lowest BCUT2D eigenvalue weighted by atomic mass is 10.0. The number of carbonyl (C=O) groups excluding carboxylic acids is 1. The standard InChI is InChI=1S/C13H16FIN2O2/c1-2-16-12-7-19-6-9(12)13(18)17-11-4-3-8(14)5-10(11)15/h3-5,9,12,16H,2,6-7H2,1H3,(H,17,18). The maximum Gasteiger partial charge on any atom is 0.231 e. The van der Waals surface area contributed by atoms with E-state index in [4.69, 9.17) is 4.74 Å². The van der Waals surface area contributed by atoms with Gasteiger partial charge in [0.1, 0.15) is 5.82 Å². The Morgan fingerprint density at radius 1 is 1.53 bits per heavy atom. The van der Waals surface area contributed by atoms with Crippen LogP contribution < -0.4 is 10.6 Å². The van der Waals surface area contributed by atoms with Gasteiger partial charge in [-0.15, -0.1) is 0 Å². The molecule has 104 valence electrons. The lowest BCUT2D eigenvalue weighted by Crippen LogP contribution is -2.41. The molecular formula is C13H16FIN2O2. The van der Waals surface area contributed by atoms with E-state index in [2.05, 4.69) is 10.6 Å². The molecule has 2 N–H and O–H groups in total. The smallest absolute Gasteiger partial charge is 0.231 e. The van der Waals surface area contributed by atoms with Crippen LogP contribution in [0.1, 0.15) is 6.92 Å². The molecule has 0 radical (unpaired) electrons. The molecule has 1 aliphatic heterocycles. The van der Waals surface area contributed by atoms with Gasteiger partial charge < -0.3 is 15.4 Å². The van der Waals surface area contributed by atoms with Crippen molar-refractivity contribution in [2.24, 2.45) is 5.92 Å². The zero-order valence-corrected chi connectivity index (χ0v) is 12.7. The molecule has 0 aromatic heterocycles. The van der Waals surface area contributed by atoms with Crippen LogP contribution in [-0.2, 0) is 9.53 Å². The van der Waals surface area contributed by atoms with E-state index in [0.717, 1.165) is 6.54 Å². The Morgan fingerprint density at radius 2 is 2.32 bits per heavy atom. The van der Waals surface area contributed by atoms with Gasteiger partial charge in [-0.25, -0.2) is 4.39 Å². The quantitative estimate of drug-likeness (QED) is 0.789. The summed E-state index contributed by atoms with van der Waals surface area (Å²) in [4.78, 5) is 12.2. The summed E-state index contributed by atoms with van der Waals surface area (Å²) in [5, 5.41) is 6.07. The van der Waals surface area contributed by atoms with Gasteiger partial charge in [-0.1, -0.05) is 6.92 Å². The molecule has 1 aromatic carbocycles. The fourth-order valence-electron chi connectivity index (χ4n) is 2.09. The van der Waals surface area contributed by atoms with Crippen LogP contribution in [0.5, 0.6) is 0 Å². The van der Waals surface area contributed by atoms with Crippen molar-refractivity contribution in [2.45, 2.75) is 13.0 Å². The normalized spacial score (nSPS) is 22.5. The van der Waals surface area contributed by atoms with Crippen LogP contribution in [0, 0.1) is 15.3 Å². The predicted octanol–water partition coefficient (Wildman–Crippen LogP) is 1.99. The van der Waals surface area contributed by atoms with E-state index in [-0.39, 0.29) is 23.7 Å². The van der Waals surface area contributed by atoms with Crippen molar-refractivity contribution in [1.29, 1.82) is 0 Å². The molecule has 1 aromatic rings. The Hall–Kier alpha value is -0.730. The molecule has 0 spiro atoms. The van der Waals surface area contributed by atoms with E-state index in [9.17, 15) is 9.18 Å². The number of hydrogen-bond donors (Lipinski definition) is 2. The molecule has 2 atom stereocenters. The molecule has 0 bridgehead atoms. The maximum absolute atomic E-state index is 13.0. The van der Waals surface area contributed by atoms with Crippen molar-refractivity contribution in [2.75, 3.05) is 25.1 Å².